The number of hydrogen-bond donors (Lipinski definition) is 1. The summed E-state index contributed by atoms with van der Waals surface area (Å²) in [5, 5.41) is 24.9. The Morgan fingerprint density at radius 3 is 2.48 bits per heavy atom. The molecule has 4 aromatic rings. The van der Waals surface area contributed by atoms with Crippen molar-refractivity contribution in [3.05, 3.63) is 92.0 Å². The van der Waals surface area contributed by atoms with Crippen molar-refractivity contribution in [2.45, 2.75) is 6.92 Å². The van der Waals surface area contributed by atoms with Gasteiger partial charge in [-0.15, -0.1) is 0 Å². The molecule has 0 saturated heterocycles. The standard InChI is InChI=1S/C21H14N4O6/c1-12-14(21-23-17-6-2-3-8-19(17)31-21)5-4-7-16(12)22-20(26)15-10-9-13(24(27)28)11-18(15)25(29)30/h2-11H,1H3,(H,22,26). The fourth-order valence-corrected chi connectivity index (χ4v) is 3.16. The van der Waals surface area contributed by atoms with E-state index >= 15 is 0 Å². The Bertz CT molecular complexity index is 1330. The van der Waals surface area contributed by atoms with Crippen molar-refractivity contribution < 1.29 is 19.1 Å². The van der Waals surface area contributed by atoms with Crippen LogP contribution in [0.2, 0.25) is 0 Å². The first-order valence-electron chi connectivity index (χ1n) is 9.05. The molecule has 154 valence electrons. The van der Waals surface area contributed by atoms with Crippen molar-refractivity contribution in [2.24, 2.45) is 0 Å². The van der Waals surface area contributed by atoms with Gasteiger partial charge in [-0.25, -0.2) is 4.98 Å². The third kappa shape index (κ3) is 3.69. The molecule has 0 saturated carbocycles. The maximum absolute atomic E-state index is 12.7. The van der Waals surface area contributed by atoms with Gasteiger partial charge in [0.15, 0.2) is 5.58 Å². The summed E-state index contributed by atoms with van der Waals surface area (Å²) in [7, 11) is 0. The van der Waals surface area contributed by atoms with Crippen LogP contribution >= 0.6 is 0 Å². The number of nitro benzene ring substituents is 2. The van der Waals surface area contributed by atoms with E-state index < -0.39 is 27.1 Å². The molecule has 31 heavy (non-hydrogen) atoms. The molecule has 4 rings (SSSR count). The van der Waals surface area contributed by atoms with Gasteiger partial charge in [0.1, 0.15) is 11.1 Å². The molecule has 0 unspecified atom stereocenters. The van der Waals surface area contributed by atoms with Crippen LogP contribution in [0.3, 0.4) is 0 Å². The molecule has 1 amide bonds. The quantitative estimate of drug-likeness (QED) is 0.360. The fourth-order valence-electron chi connectivity index (χ4n) is 3.16. The number of hydrogen-bond acceptors (Lipinski definition) is 7. The van der Waals surface area contributed by atoms with Crippen molar-refractivity contribution in [1.29, 1.82) is 0 Å². The van der Waals surface area contributed by atoms with Crippen LogP contribution in [0, 0.1) is 27.2 Å². The lowest BCUT2D eigenvalue weighted by Gasteiger charge is -2.11. The molecule has 0 aliphatic heterocycles. The second-order valence-electron chi connectivity index (χ2n) is 6.63. The second-order valence-corrected chi connectivity index (χ2v) is 6.63. The zero-order chi connectivity index (χ0) is 22.1. The number of rotatable bonds is 5. The van der Waals surface area contributed by atoms with Gasteiger partial charge in [-0.2, -0.15) is 0 Å². The zero-order valence-electron chi connectivity index (χ0n) is 16.1. The highest BCUT2D eigenvalue weighted by Crippen LogP contribution is 2.31. The third-order valence-corrected chi connectivity index (χ3v) is 4.74. The van der Waals surface area contributed by atoms with Crippen LogP contribution in [0.4, 0.5) is 17.1 Å². The first-order chi connectivity index (χ1) is 14.8. The maximum Gasteiger partial charge on any atom is 0.289 e. The van der Waals surface area contributed by atoms with Crippen molar-refractivity contribution in [2.75, 3.05) is 5.32 Å². The van der Waals surface area contributed by atoms with E-state index in [1.54, 1.807) is 31.2 Å². The Kier molecular flexibility index (Phi) is 4.88. The molecule has 10 heteroatoms. The van der Waals surface area contributed by atoms with Gasteiger partial charge in [0, 0.05) is 17.3 Å². The average Bonchev–Trinajstić information content (AvgIpc) is 3.18. The molecular formula is C21H14N4O6. The van der Waals surface area contributed by atoms with Gasteiger partial charge in [0.05, 0.1) is 15.9 Å². The highest BCUT2D eigenvalue weighted by atomic mass is 16.6. The summed E-state index contributed by atoms with van der Waals surface area (Å²) in [4.78, 5) is 37.8. The van der Waals surface area contributed by atoms with Crippen LogP contribution in [0.5, 0.6) is 0 Å². The number of amides is 1. The van der Waals surface area contributed by atoms with Gasteiger partial charge in [-0.1, -0.05) is 18.2 Å². The maximum atomic E-state index is 12.7. The Balaban J connectivity index is 1.69. The van der Waals surface area contributed by atoms with E-state index in [0.29, 0.717) is 33.8 Å². The molecule has 1 N–H and O–H groups in total. The molecule has 0 radical (unpaired) electrons. The topological polar surface area (TPSA) is 141 Å². The summed E-state index contributed by atoms with van der Waals surface area (Å²) < 4.78 is 5.79. The first kappa shape index (κ1) is 19.7. The van der Waals surface area contributed by atoms with Crippen molar-refractivity contribution in [1.82, 2.24) is 4.98 Å². The van der Waals surface area contributed by atoms with E-state index in [-0.39, 0.29) is 5.56 Å². The van der Waals surface area contributed by atoms with Crippen molar-refractivity contribution in [3.63, 3.8) is 0 Å². The highest BCUT2D eigenvalue weighted by molar-refractivity contribution is 6.08. The summed E-state index contributed by atoms with van der Waals surface area (Å²) in [6.07, 6.45) is 0. The summed E-state index contributed by atoms with van der Waals surface area (Å²) in [5.74, 6) is -0.393. The minimum atomic E-state index is -0.830. The Hall–Kier alpha value is -4.60. The summed E-state index contributed by atoms with van der Waals surface area (Å²) >= 11 is 0. The molecule has 3 aromatic carbocycles. The van der Waals surface area contributed by atoms with Gasteiger partial charge in [-0.3, -0.25) is 25.0 Å². The molecule has 0 fully saturated rings. The Labute approximate surface area is 174 Å². The van der Waals surface area contributed by atoms with Crippen LogP contribution in [0.25, 0.3) is 22.6 Å². The van der Waals surface area contributed by atoms with E-state index in [4.69, 9.17) is 4.42 Å². The van der Waals surface area contributed by atoms with Gasteiger partial charge in [0.2, 0.25) is 5.89 Å². The molecule has 0 aliphatic rings. The lowest BCUT2D eigenvalue weighted by atomic mass is 10.1. The number of benzene rings is 3. The minimum absolute atomic E-state index is 0.290. The molecule has 0 bridgehead atoms. The van der Waals surface area contributed by atoms with E-state index in [2.05, 4.69) is 10.3 Å². The van der Waals surface area contributed by atoms with Crippen LogP contribution in [0.1, 0.15) is 15.9 Å². The van der Waals surface area contributed by atoms with Gasteiger partial charge >= 0.3 is 0 Å². The molecule has 0 atom stereocenters. The average molecular weight is 418 g/mol. The normalized spacial score (nSPS) is 10.7. The lowest BCUT2D eigenvalue weighted by molar-refractivity contribution is -0.394. The number of para-hydroxylation sites is 2. The predicted octanol–water partition coefficient (Wildman–Crippen LogP) is 4.87. The number of carbonyl (C=O) groups excluding carboxylic acids is 1. The predicted molar refractivity (Wildman–Crippen MR) is 112 cm³/mol. The number of aromatic nitrogens is 1. The van der Waals surface area contributed by atoms with E-state index in [1.807, 2.05) is 18.2 Å². The van der Waals surface area contributed by atoms with E-state index in [0.717, 1.165) is 18.2 Å². The largest absolute Gasteiger partial charge is 0.436 e. The van der Waals surface area contributed by atoms with E-state index in [1.165, 1.54) is 0 Å². The van der Waals surface area contributed by atoms with Crippen LogP contribution in [0.15, 0.2) is 65.1 Å². The molecule has 1 heterocycles. The molecule has 0 spiro atoms. The third-order valence-electron chi connectivity index (χ3n) is 4.74. The Morgan fingerprint density at radius 2 is 1.77 bits per heavy atom. The monoisotopic (exact) mass is 418 g/mol. The van der Waals surface area contributed by atoms with Gasteiger partial charge in [-0.05, 0) is 42.8 Å². The van der Waals surface area contributed by atoms with Crippen molar-refractivity contribution >= 4 is 34.1 Å². The molecular weight excluding hydrogens is 404 g/mol. The first-order valence-corrected chi connectivity index (χ1v) is 9.05. The SMILES string of the molecule is Cc1c(NC(=O)c2ccc([N+](=O)[O-])cc2[N+](=O)[O-])cccc1-c1nc2ccccc2o1. The number of anilines is 1. The molecule has 10 nitrogen and oxygen atoms in total. The van der Waals surface area contributed by atoms with Gasteiger partial charge in [0.25, 0.3) is 17.3 Å². The number of fused-ring (bicyclic) bond motifs is 1. The fraction of sp³-hybridized carbons (Fsp3) is 0.0476. The number of carbonyl (C=O) groups is 1. The number of nitro groups is 2. The number of nitrogens with zero attached hydrogens (tertiary/aromatic N) is 3. The zero-order valence-corrected chi connectivity index (χ0v) is 16.1. The second kappa shape index (κ2) is 7.67. The number of non-ortho nitro benzene ring substituents is 1. The van der Waals surface area contributed by atoms with Gasteiger partial charge < -0.3 is 9.73 Å². The minimum Gasteiger partial charge on any atom is -0.436 e. The lowest BCUT2D eigenvalue weighted by Crippen LogP contribution is -2.15. The Morgan fingerprint density at radius 1 is 1.00 bits per heavy atom. The molecule has 1 aromatic heterocycles. The van der Waals surface area contributed by atoms with Crippen LogP contribution in [-0.2, 0) is 0 Å². The smallest absolute Gasteiger partial charge is 0.289 e. The van der Waals surface area contributed by atoms with E-state index in [9.17, 15) is 25.0 Å². The number of oxazole rings is 1. The number of nitrogens with one attached hydrogen (secondary N) is 1. The highest BCUT2D eigenvalue weighted by Gasteiger charge is 2.25. The van der Waals surface area contributed by atoms with Crippen LogP contribution in [-0.4, -0.2) is 20.7 Å². The summed E-state index contributed by atoms with van der Waals surface area (Å²) in [5.41, 5.74) is 1.58. The van der Waals surface area contributed by atoms with Crippen LogP contribution < -0.4 is 5.32 Å². The summed E-state index contributed by atoms with van der Waals surface area (Å²) in [6.45, 7) is 1.75. The summed E-state index contributed by atoms with van der Waals surface area (Å²) in [6, 6.07) is 15.3. The molecule has 0 aliphatic carbocycles. The van der Waals surface area contributed by atoms with Crippen molar-refractivity contribution in [3.8, 4) is 11.5 Å².